The van der Waals surface area contributed by atoms with Crippen LogP contribution in [0.3, 0.4) is 0 Å². The molecule has 1 aromatic carbocycles. The van der Waals surface area contributed by atoms with Crippen LogP contribution < -0.4 is 5.32 Å². The van der Waals surface area contributed by atoms with E-state index in [1.54, 1.807) is 0 Å². The van der Waals surface area contributed by atoms with E-state index in [1.165, 1.54) is 5.56 Å². The van der Waals surface area contributed by atoms with Crippen LogP contribution >= 0.6 is 12.4 Å². The van der Waals surface area contributed by atoms with Crippen molar-refractivity contribution in [3.05, 3.63) is 35.4 Å². The maximum atomic E-state index is 11.1. The number of aliphatic carboxylic acids is 1. The van der Waals surface area contributed by atoms with Gasteiger partial charge in [-0.1, -0.05) is 38.1 Å². The summed E-state index contributed by atoms with van der Waals surface area (Å²) in [5.41, 5.74) is 2.34. The Hall–Kier alpha value is -1.06. The molecule has 0 heterocycles. The van der Waals surface area contributed by atoms with Gasteiger partial charge < -0.3 is 10.4 Å². The molecule has 0 bridgehead atoms. The van der Waals surface area contributed by atoms with Crippen LogP contribution in [0.25, 0.3) is 0 Å². The molecule has 0 aromatic heterocycles. The van der Waals surface area contributed by atoms with Gasteiger partial charge in [0.1, 0.15) is 6.04 Å². The van der Waals surface area contributed by atoms with Gasteiger partial charge in [-0.2, -0.15) is 0 Å². The molecule has 0 spiro atoms. The first-order chi connectivity index (χ1) is 8.00. The average Bonchev–Trinajstić information content (AvgIpc) is 2.25. The van der Waals surface area contributed by atoms with Crippen LogP contribution in [-0.4, -0.2) is 17.1 Å². The van der Waals surface area contributed by atoms with Crippen molar-refractivity contribution in [1.82, 2.24) is 5.32 Å². The first-order valence-corrected chi connectivity index (χ1v) is 6.01. The maximum absolute atomic E-state index is 11.1. The number of hydrogen-bond donors (Lipinski definition) is 2. The second-order valence-corrected chi connectivity index (χ2v) is 4.83. The maximum Gasteiger partial charge on any atom is 0.320 e. The molecule has 0 unspecified atom stereocenters. The Labute approximate surface area is 115 Å². The second kappa shape index (κ2) is 8.11. The molecule has 0 amide bonds. The SMILES string of the molecule is Cc1ccccc1CN[C@H](CC(C)C)C(=O)O.Cl. The van der Waals surface area contributed by atoms with E-state index in [-0.39, 0.29) is 12.4 Å². The van der Waals surface area contributed by atoms with Crippen LogP contribution in [0.2, 0.25) is 0 Å². The van der Waals surface area contributed by atoms with Crippen molar-refractivity contribution >= 4 is 18.4 Å². The number of carboxylic acids is 1. The third kappa shape index (κ3) is 5.52. The van der Waals surface area contributed by atoms with Crippen molar-refractivity contribution in [2.24, 2.45) is 5.92 Å². The smallest absolute Gasteiger partial charge is 0.320 e. The van der Waals surface area contributed by atoms with Gasteiger partial charge in [0.2, 0.25) is 0 Å². The first kappa shape index (κ1) is 16.9. The largest absolute Gasteiger partial charge is 0.480 e. The van der Waals surface area contributed by atoms with Crippen LogP contribution in [0.4, 0.5) is 0 Å². The Balaban J connectivity index is 0.00000289. The van der Waals surface area contributed by atoms with E-state index < -0.39 is 12.0 Å². The summed E-state index contributed by atoms with van der Waals surface area (Å²) in [6.07, 6.45) is 0.654. The highest BCUT2D eigenvalue weighted by atomic mass is 35.5. The number of benzene rings is 1. The zero-order chi connectivity index (χ0) is 12.8. The van der Waals surface area contributed by atoms with Crippen LogP contribution in [0.5, 0.6) is 0 Å². The van der Waals surface area contributed by atoms with Crippen molar-refractivity contribution in [2.45, 2.75) is 39.8 Å². The predicted octanol–water partition coefficient (Wildman–Crippen LogP) is 3.01. The van der Waals surface area contributed by atoms with E-state index in [1.807, 2.05) is 45.0 Å². The monoisotopic (exact) mass is 271 g/mol. The van der Waals surface area contributed by atoms with Gasteiger partial charge in [-0.25, -0.2) is 0 Å². The number of aryl methyl sites for hydroxylation is 1. The van der Waals surface area contributed by atoms with Gasteiger partial charge in [0.25, 0.3) is 0 Å². The van der Waals surface area contributed by atoms with Crippen LogP contribution in [0.15, 0.2) is 24.3 Å². The lowest BCUT2D eigenvalue weighted by atomic mass is 10.0. The number of carboxylic acid groups (broad SMARTS) is 1. The third-order valence-corrected chi connectivity index (χ3v) is 2.81. The molecule has 0 radical (unpaired) electrons. The normalized spacial score (nSPS) is 12.0. The summed E-state index contributed by atoms with van der Waals surface area (Å²) >= 11 is 0. The Bertz CT molecular complexity index is 380. The minimum absolute atomic E-state index is 0. The van der Waals surface area contributed by atoms with E-state index in [0.29, 0.717) is 18.9 Å². The second-order valence-electron chi connectivity index (χ2n) is 4.83. The van der Waals surface area contributed by atoms with Crippen molar-refractivity contribution in [2.75, 3.05) is 0 Å². The minimum atomic E-state index is -0.771. The average molecular weight is 272 g/mol. The lowest BCUT2D eigenvalue weighted by molar-refractivity contribution is -0.140. The fraction of sp³-hybridized carbons (Fsp3) is 0.500. The van der Waals surface area contributed by atoms with Crippen molar-refractivity contribution < 1.29 is 9.90 Å². The highest BCUT2D eigenvalue weighted by Gasteiger charge is 2.17. The Morgan fingerprint density at radius 2 is 1.94 bits per heavy atom. The van der Waals surface area contributed by atoms with Gasteiger partial charge in [-0.3, -0.25) is 4.79 Å². The molecular weight excluding hydrogens is 250 g/mol. The lowest BCUT2D eigenvalue weighted by Crippen LogP contribution is -2.37. The third-order valence-electron chi connectivity index (χ3n) is 2.81. The summed E-state index contributed by atoms with van der Waals surface area (Å²) in [6, 6.07) is 7.56. The van der Waals surface area contributed by atoms with Gasteiger partial charge in [-0.15, -0.1) is 12.4 Å². The van der Waals surface area contributed by atoms with E-state index in [0.717, 1.165) is 5.56 Å². The summed E-state index contributed by atoms with van der Waals surface area (Å²) in [7, 11) is 0. The molecule has 0 aliphatic carbocycles. The highest BCUT2D eigenvalue weighted by molar-refractivity contribution is 5.85. The van der Waals surface area contributed by atoms with Gasteiger partial charge in [-0.05, 0) is 30.4 Å². The minimum Gasteiger partial charge on any atom is -0.480 e. The zero-order valence-electron chi connectivity index (χ0n) is 11.1. The molecule has 1 rings (SSSR count). The fourth-order valence-corrected chi connectivity index (χ4v) is 1.78. The van der Waals surface area contributed by atoms with Crippen molar-refractivity contribution in [3.63, 3.8) is 0 Å². The Morgan fingerprint density at radius 3 is 2.44 bits per heavy atom. The summed E-state index contributed by atoms with van der Waals surface area (Å²) in [5.74, 6) is -0.396. The van der Waals surface area contributed by atoms with Gasteiger partial charge in [0.05, 0.1) is 0 Å². The highest BCUT2D eigenvalue weighted by Crippen LogP contribution is 2.09. The molecule has 3 nitrogen and oxygen atoms in total. The number of rotatable bonds is 6. The molecule has 0 saturated heterocycles. The molecular formula is C14H22ClNO2. The molecule has 0 aliphatic rings. The number of halogens is 1. The number of nitrogens with one attached hydrogen (secondary N) is 1. The molecule has 1 aromatic rings. The molecule has 4 heteroatoms. The number of carbonyl (C=O) groups is 1. The first-order valence-electron chi connectivity index (χ1n) is 6.01. The molecule has 18 heavy (non-hydrogen) atoms. The van der Waals surface area contributed by atoms with Gasteiger partial charge >= 0.3 is 5.97 Å². The fourth-order valence-electron chi connectivity index (χ4n) is 1.78. The summed E-state index contributed by atoms with van der Waals surface area (Å²) in [5, 5.41) is 12.2. The Kier molecular flexibility index (Phi) is 7.64. The topological polar surface area (TPSA) is 49.3 Å². The van der Waals surface area contributed by atoms with Crippen molar-refractivity contribution in [1.29, 1.82) is 0 Å². The number of hydrogen-bond acceptors (Lipinski definition) is 2. The van der Waals surface area contributed by atoms with Gasteiger partial charge in [0.15, 0.2) is 0 Å². The molecule has 1 atom stereocenters. The van der Waals surface area contributed by atoms with E-state index in [2.05, 4.69) is 5.32 Å². The molecule has 0 aliphatic heterocycles. The summed E-state index contributed by atoms with van der Waals surface area (Å²) in [4.78, 5) is 11.1. The van der Waals surface area contributed by atoms with Crippen molar-refractivity contribution in [3.8, 4) is 0 Å². The molecule has 0 saturated carbocycles. The van der Waals surface area contributed by atoms with E-state index in [9.17, 15) is 4.79 Å². The van der Waals surface area contributed by atoms with Gasteiger partial charge in [0, 0.05) is 6.54 Å². The quantitative estimate of drug-likeness (QED) is 0.836. The lowest BCUT2D eigenvalue weighted by Gasteiger charge is -2.17. The molecule has 0 fully saturated rings. The van der Waals surface area contributed by atoms with Crippen LogP contribution in [0.1, 0.15) is 31.4 Å². The molecule has 2 N–H and O–H groups in total. The summed E-state index contributed by atoms with van der Waals surface area (Å²) in [6.45, 7) is 6.71. The van der Waals surface area contributed by atoms with Crippen LogP contribution in [-0.2, 0) is 11.3 Å². The standard InChI is InChI=1S/C14H21NO2.ClH/c1-10(2)8-13(14(16)17)15-9-12-7-5-4-6-11(12)3;/h4-7,10,13,15H,8-9H2,1-3H3,(H,16,17);1H/t13-;/m1./s1. The van der Waals surface area contributed by atoms with E-state index in [4.69, 9.17) is 5.11 Å². The molecule has 102 valence electrons. The predicted molar refractivity (Wildman–Crippen MR) is 76.1 cm³/mol. The summed E-state index contributed by atoms with van der Waals surface area (Å²) < 4.78 is 0. The van der Waals surface area contributed by atoms with E-state index >= 15 is 0 Å². The Morgan fingerprint density at radius 1 is 1.33 bits per heavy atom. The zero-order valence-corrected chi connectivity index (χ0v) is 12.0. The van der Waals surface area contributed by atoms with Crippen LogP contribution in [0, 0.1) is 12.8 Å².